The monoisotopic (exact) mass is 395 g/mol. The molecule has 0 aliphatic heterocycles. The first-order valence-electron chi connectivity index (χ1n) is 8.40. The lowest BCUT2D eigenvalue weighted by Gasteiger charge is -2.11. The lowest BCUT2D eigenvalue weighted by Crippen LogP contribution is -2.19. The van der Waals surface area contributed by atoms with E-state index in [2.05, 4.69) is 10.1 Å². The molecule has 4 aromatic rings. The molecular formula is C20H17N3O4S. The molecule has 3 heterocycles. The molecular weight excluding hydrogens is 378 g/mol. The van der Waals surface area contributed by atoms with Gasteiger partial charge in [-0.1, -0.05) is 0 Å². The van der Waals surface area contributed by atoms with E-state index < -0.39 is 0 Å². The van der Waals surface area contributed by atoms with Crippen LogP contribution in [0.5, 0.6) is 23.1 Å². The van der Waals surface area contributed by atoms with Crippen molar-refractivity contribution in [3.8, 4) is 34.3 Å². The van der Waals surface area contributed by atoms with E-state index in [4.69, 9.17) is 14.2 Å². The summed E-state index contributed by atoms with van der Waals surface area (Å²) in [7, 11) is 4.75. The highest BCUT2D eigenvalue weighted by molar-refractivity contribution is 7.18. The minimum atomic E-state index is -0.182. The number of pyridine rings is 1. The molecule has 0 amide bonds. The topological polar surface area (TPSA) is 75.5 Å². The third kappa shape index (κ3) is 3.18. The molecule has 142 valence electrons. The summed E-state index contributed by atoms with van der Waals surface area (Å²) in [6, 6.07) is 8.96. The number of hydrogen-bond acceptors (Lipinski definition) is 7. The quantitative estimate of drug-likeness (QED) is 0.511. The van der Waals surface area contributed by atoms with Gasteiger partial charge in [-0.05, 0) is 17.7 Å². The van der Waals surface area contributed by atoms with Crippen LogP contribution in [0.1, 0.15) is 0 Å². The Kier molecular flexibility index (Phi) is 4.70. The second kappa shape index (κ2) is 7.32. The number of ether oxygens (including phenoxy) is 3. The Balaban J connectivity index is 1.86. The van der Waals surface area contributed by atoms with Crippen molar-refractivity contribution in [2.45, 2.75) is 0 Å². The standard InChI is InChI=1S/C20H17N3O4S/c1-23-20(24)17-16(12-4-6-21-7-5-12)11-28-18(17)19(22-23)27-15-9-13(25-2)8-14(10-15)26-3/h4-11H,1-3H3. The van der Waals surface area contributed by atoms with E-state index in [1.54, 1.807) is 51.9 Å². The maximum absolute atomic E-state index is 12.8. The van der Waals surface area contributed by atoms with Gasteiger partial charge in [0, 0.05) is 48.6 Å². The second-order valence-corrected chi connectivity index (χ2v) is 6.85. The molecule has 0 N–H and O–H groups in total. The van der Waals surface area contributed by atoms with Gasteiger partial charge in [-0.2, -0.15) is 0 Å². The summed E-state index contributed by atoms with van der Waals surface area (Å²) in [5.41, 5.74) is 1.57. The van der Waals surface area contributed by atoms with E-state index in [1.165, 1.54) is 16.0 Å². The van der Waals surface area contributed by atoms with Crippen molar-refractivity contribution >= 4 is 21.4 Å². The minimum absolute atomic E-state index is 0.182. The number of aryl methyl sites for hydroxylation is 1. The summed E-state index contributed by atoms with van der Waals surface area (Å²) in [6.45, 7) is 0. The second-order valence-electron chi connectivity index (χ2n) is 5.97. The summed E-state index contributed by atoms with van der Waals surface area (Å²) < 4.78 is 18.6. The van der Waals surface area contributed by atoms with Crippen LogP contribution in [0.2, 0.25) is 0 Å². The van der Waals surface area contributed by atoms with E-state index in [-0.39, 0.29) is 5.56 Å². The zero-order valence-corrected chi connectivity index (χ0v) is 16.3. The minimum Gasteiger partial charge on any atom is -0.496 e. The van der Waals surface area contributed by atoms with Crippen LogP contribution in [0.4, 0.5) is 0 Å². The van der Waals surface area contributed by atoms with Crippen molar-refractivity contribution in [3.05, 3.63) is 58.5 Å². The molecule has 0 saturated carbocycles. The lowest BCUT2D eigenvalue weighted by molar-refractivity contribution is 0.384. The molecule has 0 aliphatic rings. The van der Waals surface area contributed by atoms with Gasteiger partial charge < -0.3 is 14.2 Å². The van der Waals surface area contributed by atoms with Gasteiger partial charge in [-0.3, -0.25) is 9.78 Å². The third-order valence-electron chi connectivity index (χ3n) is 4.26. The van der Waals surface area contributed by atoms with Crippen LogP contribution in [0.15, 0.2) is 52.9 Å². The molecule has 0 saturated heterocycles. The number of benzene rings is 1. The maximum atomic E-state index is 12.8. The van der Waals surface area contributed by atoms with Crippen molar-refractivity contribution in [2.24, 2.45) is 7.05 Å². The fourth-order valence-corrected chi connectivity index (χ4v) is 3.87. The number of rotatable bonds is 5. The van der Waals surface area contributed by atoms with E-state index in [1.807, 2.05) is 17.5 Å². The molecule has 0 spiro atoms. The van der Waals surface area contributed by atoms with Gasteiger partial charge in [-0.25, -0.2) is 4.68 Å². The van der Waals surface area contributed by atoms with E-state index in [0.29, 0.717) is 33.2 Å². The molecule has 0 bridgehead atoms. The summed E-state index contributed by atoms with van der Waals surface area (Å²) >= 11 is 1.41. The summed E-state index contributed by atoms with van der Waals surface area (Å²) in [5.74, 6) is 2.04. The van der Waals surface area contributed by atoms with Crippen molar-refractivity contribution in [2.75, 3.05) is 14.2 Å². The number of fused-ring (bicyclic) bond motifs is 1. The van der Waals surface area contributed by atoms with Gasteiger partial charge in [0.25, 0.3) is 11.4 Å². The van der Waals surface area contributed by atoms with Crippen LogP contribution in [-0.4, -0.2) is 29.0 Å². The van der Waals surface area contributed by atoms with Crippen LogP contribution in [-0.2, 0) is 7.05 Å². The van der Waals surface area contributed by atoms with Crippen LogP contribution in [0, 0.1) is 0 Å². The van der Waals surface area contributed by atoms with Gasteiger partial charge in [0.2, 0.25) is 0 Å². The number of thiophene rings is 1. The van der Waals surface area contributed by atoms with Crippen LogP contribution in [0.3, 0.4) is 0 Å². The Morgan fingerprint density at radius 1 is 1.00 bits per heavy atom. The predicted molar refractivity (Wildman–Crippen MR) is 108 cm³/mol. The summed E-state index contributed by atoms with van der Waals surface area (Å²) in [5, 5.41) is 6.81. The third-order valence-corrected chi connectivity index (χ3v) is 5.23. The molecule has 7 nitrogen and oxygen atoms in total. The fourth-order valence-electron chi connectivity index (χ4n) is 2.88. The zero-order valence-electron chi connectivity index (χ0n) is 15.5. The first kappa shape index (κ1) is 18.0. The molecule has 0 fully saturated rings. The number of aromatic nitrogens is 3. The molecule has 1 aromatic carbocycles. The average molecular weight is 395 g/mol. The Labute approximate surface area is 164 Å². The van der Waals surface area contributed by atoms with Crippen LogP contribution >= 0.6 is 11.3 Å². The lowest BCUT2D eigenvalue weighted by atomic mass is 10.1. The molecule has 28 heavy (non-hydrogen) atoms. The van der Waals surface area contributed by atoms with Crippen LogP contribution in [0.25, 0.3) is 21.2 Å². The van der Waals surface area contributed by atoms with Gasteiger partial charge in [0.15, 0.2) is 0 Å². The molecule has 0 radical (unpaired) electrons. The van der Waals surface area contributed by atoms with Gasteiger partial charge in [-0.15, -0.1) is 16.4 Å². The number of methoxy groups -OCH3 is 2. The van der Waals surface area contributed by atoms with Gasteiger partial charge in [0.05, 0.1) is 19.6 Å². The summed E-state index contributed by atoms with van der Waals surface area (Å²) in [6.07, 6.45) is 3.40. The van der Waals surface area contributed by atoms with Crippen molar-refractivity contribution in [3.63, 3.8) is 0 Å². The zero-order chi connectivity index (χ0) is 19.7. The highest BCUT2D eigenvalue weighted by Crippen LogP contribution is 2.38. The maximum Gasteiger partial charge on any atom is 0.276 e. The summed E-state index contributed by atoms with van der Waals surface area (Å²) in [4.78, 5) is 16.8. The smallest absolute Gasteiger partial charge is 0.276 e. The van der Waals surface area contributed by atoms with Crippen LogP contribution < -0.4 is 19.8 Å². The van der Waals surface area contributed by atoms with Crippen molar-refractivity contribution in [1.82, 2.24) is 14.8 Å². The Hall–Kier alpha value is -3.39. The molecule has 0 unspecified atom stereocenters. The van der Waals surface area contributed by atoms with Gasteiger partial charge >= 0.3 is 0 Å². The largest absolute Gasteiger partial charge is 0.496 e. The predicted octanol–water partition coefficient (Wildman–Crippen LogP) is 3.87. The first-order chi connectivity index (χ1) is 13.6. The fraction of sp³-hybridized carbons (Fsp3) is 0.150. The first-order valence-corrected chi connectivity index (χ1v) is 9.28. The highest BCUT2D eigenvalue weighted by atomic mass is 32.1. The molecule has 4 rings (SSSR count). The SMILES string of the molecule is COc1cc(OC)cc(Oc2nn(C)c(=O)c3c(-c4ccncc4)csc23)c1. The van der Waals surface area contributed by atoms with Crippen molar-refractivity contribution < 1.29 is 14.2 Å². The average Bonchev–Trinajstić information content (AvgIpc) is 3.18. The Morgan fingerprint density at radius 2 is 1.64 bits per heavy atom. The molecule has 3 aromatic heterocycles. The highest BCUT2D eigenvalue weighted by Gasteiger charge is 2.18. The van der Waals surface area contributed by atoms with E-state index in [0.717, 1.165) is 11.1 Å². The van der Waals surface area contributed by atoms with Gasteiger partial charge in [0.1, 0.15) is 21.9 Å². The Bertz CT molecular complexity index is 1180. The normalized spacial score (nSPS) is 10.8. The van der Waals surface area contributed by atoms with Crippen molar-refractivity contribution in [1.29, 1.82) is 0 Å². The molecule has 8 heteroatoms. The number of nitrogens with zero attached hydrogens (tertiary/aromatic N) is 3. The number of hydrogen-bond donors (Lipinski definition) is 0. The van der Waals surface area contributed by atoms with E-state index in [9.17, 15) is 4.79 Å². The Morgan fingerprint density at radius 3 is 2.29 bits per heavy atom. The molecule has 0 atom stereocenters. The van der Waals surface area contributed by atoms with E-state index >= 15 is 0 Å². The molecule has 0 aliphatic carbocycles.